The number of hydrogen-bond acceptors (Lipinski definition) is 4. The number of aromatic nitrogens is 1. The topological polar surface area (TPSA) is 42.4 Å². The van der Waals surface area contributed by atoms with Gasteiger partial charge in [-0.05, 0) is 19.1 Å². The maximum Gasteiger partial charge on any atom is 0.214 e. The van der Waals surface area contributed by atoms with Gasteiger partial charge in [-0.2, -0.15) is 0 Å². The molecule has 1 aliphatic heterocycles. The van der Waals surface area contributed by atoms with E-state index in [0.29, 0.717) is 6.54 Å². The Morgan fingerprint density at radius 3 is 3.28 bits per heavy atom. The minimum atomic E-state index is 0.0296. The molecule has 0 saturated heterocycles. The molecule has 5 heteroatoms. The molecule has 18 heavy (non-hydrogen) atoms. The molecule has 0 saturated carbocycles. The van der Waals surface area contributed by atoms with Gasteiger partial charge < -0.3 is 9.64 Å². The molecule has 3 rings (SSSR count). The van der Waals surface area contributed by atoms with E-state index in [-0.39, 0.29) is 6.10 Å². The molecule has 1 aromatic carbocycles. The average molecular weight is 260 g/mol. The van der Waals surface area contributed by atoms with Gasteiger partial charge in [0.25, 0.3) is 0 Å². The normalized spacial score (nSPS) is 19.5. The van der Waals surface area contributed by atoms with Crippen molar-refractivity contribution in [2.24, 2.45) is 0 Å². The van der Waals surface area contributed by atoms with Crippen molar-refractivity contribution in [2.45, 2.75) is 13.0 Å². The van der Waals surface area contributed by atoms with Gasteiger partial charge in [0.05, 0.1) is 28.0 Å². The van der Waals surface area contributed by atoms with Gasteiger partial charge in [-0.25, -0.2) is 4.98 Å². The summed E-state index contributed by atoms with van der Waals surface area (Å²) in [7, 11) is 0. The van der Waals surface area contributed by atoms with Crippen molar-refractivity contribution < 1.29 is 9.53 Å². The lowest BCUT2D eigenvalue weighted by Gasteiger charge is -2.29. The molecule has 1 aliphatic rings. The van der Waals surface area contributed by atoms with Gasteiger partial charge in [-0.15, -0.1) is 11.3 Å². The monoisotopic (exact) mass is 260 g/mol. The second-order valence-corrected chi connectivity index (χ2v) is 5.13. The van der Waals surface area contributed by atoms with Crippen molar-refractivity contribution >= 4 is 33.7 Å². The van der Waals surface area contributed by atoms with Gasteiger partial charge in [0.15, 0.2) is 0 Å². The Balaban J connectivity index is 2.04. The number of ether oxygens (including phenoxy) is 1. The lowest BCUT2D eigenvalue weighted by Crippen LogP contribution is -2.33. The van der Waals surface area contributed by atoms with Crippen molar-refractivity contribution in [3.05, 3.63) is 35.5 Å². The van der Waals surface area contributed by atoms with Crippen molar-refractivity contribution in [2.75, 3.05) is 6.54 Å². The van der Waals surface area contributed by atoms with Gasteiger partial charge in [0.2, 0.25) is 6.41 Å². The summed E-state index contributed by atoms with van der Waals surface area (Å²) < 4.78 is 6.63. The van der Waals surface area contributed by atoms with Crippen molar-refractivity contribution in [1.82, 2.24) is 9.88 Å². The highest BCUT2D eigenvalue weighted by molar-refractivity contribution is 7.16. The molecular formula is C13H12N2O2S. The van der Waals surface area contributed by atoms with Crippen LogP contribution in [0.5, 0.6) is 0 Å². The van der Waals surface area contributed by atoms with E-state index in [4.69, 9.17) is 4.74 Å². The number of rotatable bonds is 2. The first-order valence-electron chi connectivity index (χ1n) is 5.69. The summed E-state index contributed by atoms with van der Waals surface area (Å²) in [5.74, 6) is 0. The predicted octanol–water partition coefficient (Wildman–Crippen LogP) is 2.47. The Bertz CT molecular complexity index is 620. The van der Waals surface area contributed by atoms with Gasteiger partial charge in [0.1, 0.15) is 12.4 Å². The number of nitrogens with zero attached hydrogens (tertiary/aromatic N) is 2. The highest BCUT2D eigenvalue weighted by Crippen LogP contribution is 2.27. The van der Waals surface area contributed by atoms with E-state index >= 15 is 0 Å². The number of carbonyl (C=O) groups excluding carboxylic acids is 1. The molecule has 1 unspecified atom stereocenters. The first-order valence-corrected chi connectivity index (χ1v) is 6.57. The number of amides is 1. The molecular weight excluding hydrogens is 248 g/mol. The van der Waals surface area contributed by atoms with E-state index in [0.717, 1.165) is 27.9 Å². The van der Waals surface area contributed by atoms with Crippen LogP contribution < -0.4 is 0 Å². The van der Waals surface area contributed by atoms with Crippen molar-refractivity contribution in [3.63, 3.8) is 0 Å². The first-order chi connectivity index (χ1) is 8.78. The van der Waals surface area contributed by atoms with Crippen LogP contribution in [0.4, 0.5) is 0 Å². The van der Waals surface area contributed by atoms with Crippen LogP contribution in [0.3, 0.4) is 0 Å². The summed E-state index contributed by atoms with van der Waals surface area (Å²) >= 11 is 1.60. The molecule has 1 aromatic heterocycles. The minimum absolute atomic E-state index is 0.0296. The van der Waals surface area contributed by atoms with Crippen LogP contribution in [-0.4, -0.2) is 28.9 Å². The predicted molar refractivity (Wildman–Crippen MR) is 70.9 cm³/mol. The SMILES string of the molecule is CC1CN(C=O)C(c2ccc3scnc3c2)=CO1. The van der Waals surface area contributed by atoms with Crippen LogP contribution >= 0.6 is 11.3 Å². The summed E-state index contributed by atoms with van der Waals surface area (Å²) in [6.45, 7) is 2.51. The van der Waals surface area contributed by atoms with Crippen LogP contribution in [0.15, 0.2) is 30.0 Å². The minimum Gasteiger partial charge on any atom is -0.494 e. The second kappa shape index (κ2) is 4.42. The Hall–Kier alpha value is -1.88. The Morgan fingerprint density at radius 2 is 2.44 bits per heavy atom. The standard InChI is InChI=1S/C13H12N2O2S/c1-9-5-15(8-16)12(6-17-9)10-2-3-13-11(4-10)14-7-18-13/h2-4,6-9H,5H2,1H3. The van der Waals surface area contributed by atoms with Crippen LogP contribution in [0.25, 0.3) is 15.9 Å². The van der Waals surface area contributed by atoms with Crippen LogP contribution in [-0.2, 0) is 9.53 Å². The smallest absolute Gasteiger partial charge is 0.214 e. The summed E-state index contributed by atoms with van der Waals surface area (Å²) in [5.41, 5.74) is 4.51. The fourth-order valence-electron chi connectivity index (χ4n) is 2.02. The lowest BCUT2D eigenvalue weighted by molar-refractivity contribution is -0.117. The molecule has 0 bridgehead atoms. The number of thiazole rings is 1. The zero-order chi connectivity index (χ0) is 12.5. The lowest BCUT2D eigenvalue weighted by atomic mass is 10.1. The molecule has 0 N–H and O–H groups in total. The highest BCUT2D eigenvalue weighted by Gasteiger charge is 2.20. The summed E-state index contributed by atoms with van der Waals surface area (Å²) in [6.07, 6.45) is 2.52. The number of benzene rings is 1. The number of hydrogen-bond donors (Lipinski definition) is 0. The van der Waals surface area contributed by atoms with Crippen molar-refractivity contribution in [3.8, 4) is 0 Å². The Labute approximate surface area is 109 Å². The van der Waals surface area contributed by atoms with Gasteiger partial charge in [-0.3, -0.25) is 4.79 Å². The van der Waals surface area contributed by atoms with Gasteiger partial charge >= 0.3 is 0 Å². The quantitative estimate of drug-likeness (QED) is 0.779. The van der Waals surface area contributed by atoms with E-state index in [1.807, 2.05) is 30.6 Å². The third-order valence-corrected chi connectivity index (χ3v) is 3.74. The fourth-order valence-corrected chi connectivity index (χ4v) is 2.68. The Kier molecular flexibility index (Phi) is 2.76. The summed E-state index contributed by atoms with van der Waals surface area (Å²) in [4.78, 5) is 17.1. The highest BCUT2D eigenvalue weighted by atomic mass is 32.1. The fraction of sp³-hybridized carbons (Fsp3) is 0.231. The van der Waals surface area contributed by atoms with Crippen molar-refractivity contribution in [1.29, 1.82) is 0 Å². The van der Waals surface area contributed by atoms with E-state index in [1.54, 1.807) is 22.5 Å². The van der Waals surface area contributed by atoms with E-state index in [2.05, 4.69) is 4.98 Å². The van der Waals surface area contributed by atoms with Crippen LogP contribution in [0, 0.1) is 0 Å². The third-order valence-electron chi connectivity index (χ3n) is 2.93. The summed E-state index contributed by atoms with van der Waals surface area (Å²) in [6, 6.07) is 5.99. The van der Waals surface area contributed by atoms with Gasteiger partial charge in [-0.1, -0.05) is 6.07 Å². The summed E-state index contributed by atoms with van der Waals surface area (Å²) in [5, 5.41) is 0. The molecule has 1 amide bonds. The number of fused-ring (bicyclic) bond motifs is 1. The maximum atomic E-state index is 11.1. The zero-order valence-corrected chi connectivity index (χ0v) is 10.7. The largest absolute Gasteiger partial charge is 0.494 e. The van der Waals surface area contributed by atoms with Crippen LogP contribution in [0.1, 0.15) is 12.5 Å². The molecule has 0 aliphatic carbocycles. The molecule has 0 fully saturated rings. The molecule has 2 aromatic rings. The average Bonchev–Trinajstić information content (AvgIpc) is 2.85. The van der Waals surface area contributed by atoms with Crippen LogP contribution in [0.2, 0.25) is 0 Å². The van der Waals surface area contributed by atoms with Gasteiger partial charge in [0, 0.05) is 5.56 Å². The molecule has 2 heterocycles. The molecule has 92 valence electrons. The second-order valence-electron chi connectivity index (χ2n) is 4.24. The molecule has 0 radical (unpaired) electrons. The van der Waals surface area contributed by atoms with E-state index < -0.39 is 0 Å². The Morgan fingerprint density at radius 1 is 1.56 bits per heavy atom. The first kappa shape index (κ1) is 11.2. The molecule has 4 nitrogen and oxygen atoms in total. The third kappa shape index (κ3) is 1.86. The van der Waals surface area contributed by atoms with E-state index in [1.165, 1.54) is 0 Å². The number of carbonyl (C=O) groups is 1. The zero-order valence-electron chi connectivity index (χ0n) is 9.87. The maximum absolute atomic E-state index is 11.1. The molecule has 1 atom stereocenters. The van der Waals surface area contributed by atoms with E-state index in [9.17, 15) is 4.79 Å². The molecule has 0 spiro atoms.